The molecule has 2 bridgehead atoms. The molecule has 0 spiro atoms. The molecule has 1 aromatic heterocycles. The van der Waals surface area contributed by atoms with E-state index < -0.39 is 46.2 Å². The van der Waals surface area contributed by atoms with Crippen molar-refractivity contribution in [3.8, 4) is 23.5 Å². The average molecular weight is 498 g/mol. The highest BCUT2D eigenvalue weighted by Crippen LogP contribution is 2.59. The normalized spacial score (nSPS) is 22.8. The van der Waals surface area contributed by atoms with Gasteiger partial charge in [-0.15, -0.1) is 0 Å². The van der Waals surface area contributed by atoms with E-state index in [1.807, 2.05) is 4.90 Å². The molecular formula is C25H21F3N4O4. The quantitative estimate of drug-likeness (QED) is 0.504. The van der Waals surface area contributed by atoms with Gasteiger partial charge in [0.2, 0.25) is 17.7 Å². The highest BCUT2D eigenvalue weighted by Gasteiger charge is 2.59. The fraction of sp³-hybridized carbons (Fsp3) is 0.280. The third-order valence-electron chi connectivity index (χ3n) is 6.80. The average Bonchev–Trinajstić information content (AvgIpc) is 3.18. The fourth-order valence-electron chi connectivity index (χ4n) is 5.44. The molecule has 4 N–H and O–H groups in total. The Bertz CT molecular complexity index is 1430. The molecule has 0 saturated carbocycles. The maximum absolute atomic E-state index is 13.5. The zero-order chi connectivity index (χ0) is 26.2. The van der Waals surface area contributed by atoms with E-state index in [2.05, 4.69) is 0 Å². The second kappa shape index (κ2) is 7.41. The van der Waals surface area contributed by atoms with Crippen molar-refractivity contribution in [3.05, 3.63) is 70.3 Å². The number of carbonyl (C=O) groups excluding carboxylic acids is 1. The van der Waals surface area contributed by atoms with Gasteiger partial charge in [0, 0.05) is 11.3 Å². The zero-order valence-corrected chi connectivity index (χ0v) is 19.2. The number of rotatable bonds is 3. The summed E-state index contributed by atoms with van der Waals surface area (Å²) in [5.41, 5.74) is 2.75. The molecule has 5 rings (SSSR count). The van der Waals surface area contributed by atoms with E-state index in [1.54, 1.807) is 38.1 Å². The maximum atomic E-state index is 13.5. The van der Waals surface area contributed by atoms with Crippen molar-refractivity contribution in [2.45, 2.75) is 31.2 Å². The number of primary amides is 1. The van der Waals surface area contributed by atoms with E-state index in [0.717, 1.165) is 16.7 Å². The third kappa shape index (κ3) is 3.29. The van der Waals surface area contributed by atoms with Crippen LogP contribution in [0, 0.1) is 11.3 Å². The number of benzene rings is 2. The van der Waals surface area contributed by atoms with Crippen LogP contribution < -0.4 is 10.6 Å². The van der Waals surface area contributed by atoms with Crippen molar-refractivity contribution in [2.24, 2.45) is 5.73 Å². The minimum absolute atomic E-state index is 0.151. The topological polar surface area (TPSA) is 125 Å². The van der Waals surface area contributed by atoms with Crippen LogP contribution in [0.4, 0.5) is 18.9 Å². The number of hydrogen-bond donors (Lipinski definition) is 3. The van der Waals surface area contributed by atoms with Gasteiger partial charge in [0.1, 0.15) is 11.2 Å². The van der Waals surface area contributed by atoms with Gasteiger partial charge in [0.05, 0.1) is 47.1 Å². The smallest absolute Gasteiger partial charge is 0.417 e. The van der Waals surface area contributed by atoms with Crippen LogP contribution in [0.1, 0.15) is 46.5 Å². The van der Waals surface area contributed by atoms with Gasteiger partial charge in [-0.2, -0.15) is 18.4 Å². The summed E-state index contributed by atoms with van der Waals surface area (Å²) in [6.45, 7) is 3.86. The monoisotopic (exact) mass is 498 g/mol. The molecule has 2 aromatic carbocycles. The molecule has 186 valence electrons. The lowest BCUT2D eigenvalue weighted by Crippen LogP contribution is -2.52. The molecule has 2 atom stereocenters. The van der Waals surface area contributed by atoms with Crippen LogP contribution in [0.2, 0.25) is 0 Å². The van der Waals surface area contributed by atoms with Gasteiger partial charge in [-0.1, -0.05) is 6.07 Å². The number of nitrogens with two attached hydrogens (primary N) is 1. The number of anilines is 1. The van der Waals surface area contributed by atoms with Crippen molar-refractivity contribution in [1.29, 1.82) is 5.26 Å². The Balaban J connectivity index is 1.63. The number of fused-ring (bicyclic) bond motifs is 5. The Morgan fingerprint density at radius 1 is 1.06 bits per heavy atom. The minimum Gasteiger partial charge on any atom is -0.494 e. The first-order chi connectivity index (χ1) is 16.8. The fourth-order valence-corrected chi connectivity index (χ4v) is 5.44. The number of ether oxygens (including phenoxy) is 1. The van der Waals surface area contributed by atoms with E-state index in [9.17, 15) is 28.2 Å². The van der Waals surface area contributed by atoms with Crippen LogP contribution in [0.5, 0.6) is 11.8 Å². The first-order valence-corrected chi connectivity index (χ1v) is 10.9. The molecule has 3 aromatic rings. The zero-order valence-electron chi connectivity index (χ0n) is 19.2. The number of halogens is 3. The van der Waals surface area contributed by atoms with Gasteiger partial charge in [-0.25, -0.2) is 0 Å². The van der Waals surface area contributed by atoms with Gasteiger partial charge < -0.3 is 25.6 Å². The molecule has 8 nitrogen and oxygen atoms in total. The van der Waals surface area contributed by atoms with Crippen molar-refractivity contribution in [3.63, 3.8) is 0 Å². The number of carbonyl (C=O) groups is 1. The SMILES string of the molecule is C[C@]12CN(c3cccc(C(N)=O)c3)C[C@](C)(O1)c1c2c(O)n(-c2ccc(C#N)c(C(F)(F)F)c2)c1O. The largest absolute Gasteiger partial charge is 0.494 e. The number of amides is 1. The van der Waals surface area contributed by atoms with E-state index >= 15 is 0 Å². The molecule has 3 heterocycles. The third-order valence-corrected chi connectivity index (χ3v) is 6.80. The van der Waals surface area contributed by atoms with Crippen LogP contribution in [-0.2, 0) is 22.1 Å². The summed E-state index contributed by atoms with van der Waals surface area (Å²) in [4.78, 5) is 13.6. The van der Waals surface area contributed by atoms with Gasteiger partial charge in [-0.3, -0.25) is 9.36 Å². The first kappa shape index (κ1) is 23.6. The predicted molar refractivity (Wildman–Crippen MR) is 122 cm³/mol. The summed E-state index contributed by atoms with van der Waals surface area (Å²) < 4.78 is 47.9. The number of hydrogen-bond acceptors (Lipinski definition) is 6. The van der Waals surface area contributed by atoms with Gasteiger partial charge in [-0.05, 0) is 50.2 Å². The molecule has 36 heavy (non-hydrogen) atoms. The Labute approximate surface area is 203 Å². The van der Waals surface area contributed by atoms with E-state index in [0.29, 0.717) is 11.3 Å². The molecule has 0 unspecified atom stereocenters. The van der Waals surface area contributed by atoms with Crippen LogP contribution in [0.3, 0.4) is 0 Å². The van der Waals surface area contributed by atoms with Crippen LogP contribution in [0.25, 0.3) is 5.69 Å². The molecule has 1 saturated heterocycles. The van der Waals surface area contributed by atoms with Crippen molar-refractivity contribution in [1.82, 2.24) is 4.57 Å². The molecule has 1 amide bonds. The minimum atomic E-state index is -4.81. The van der Waals surface area contributed by atoms with Crippen molar-refractivity contribution in [2.75, 3.05) is 18.0 Å². The summed E-state index contributed by atoms with van der Waals surface area (Å²) in [5.74, 6) is -1.50. The number of alkyl halides is 3. The molecule has 11 heteroatoms. The lowest BCUT2D eigenvalue weighted by Gasteiger charge is -2.45. The summed E-state index contributed by atoms with van der Waals surface area (Å²) >= 11 is 0. The Hall–Kier alpha value is -4.17. The van der Waals surface area contributed by atoms with Crippen LogP contribution in [0.15, 0.2) is 42.5 Å². The lowest BCUT2D eigenvalue weighted by atomic mass is 9.94. The van der Waals surface area contributed by atoms with Crippen LogP contribution in [-0.4, -0.2) is 33.8 Å². The van der Waals surface area contributed by atoms with Gasteiger partial charge in [0.25, 0.3) is 0 Å². The van der Waals surface area contributed by atoms with E-state index in [-0.39, 0.29) is 29.9 Å². The van der Waals surface area contributed by atoms with Gasteiger partial charge >= 0.3 is 6.18 Å². The maximum Gasteiger partial charge on any atom is 0.417 e. The number of nitriles is 1. The Kier molecular flexibility index (Phi) is 4.85. The summed E-state index contributed by atoms with van der Waals surface area (Å²) in [7, 11) is 0. The summed E-state index contributed by atoms with van der Waals surface area (Å²) in [6.07, 6.45) is -4.81. The Morgan fingerprint density at radius 2 is 1.67 bits per heavy atom. The molecule has 2 aliphatic rings. The van der Waals surface area contributed by atoms with Crippen molar-refractivity contribution >= 4 is 11.6 Å². The first-order valence-electron chi connectivity index (χ1n) is 10.9. The van der Waals surface area contributed by atoms with E-state index in [1.165, 1.54) is 12.1 Å². The highest BCUT2D eigenvalue weighted by molar-refractivity contribution is 5.93. The standard InChI is InChI=1S/C25H21F3N4O4/c1-23-11-31(15-5-3-4-13(8-15)20(30)33)12-24(2,36-23)19-18(23)21(34)32(22(19)35)16-7-6-14(10-29)17(9-16)25(26,27)28/h3-9,34-35H,11-12H2,1-2H3,(H2,30,33)/t23-,24+. The second-order valence-corrected chi connectivity index (χ2v) is 9.41. The number of aromatic hydroxyl groups is 2. The Morgan fingerprint density at radius 3 is 2.19 bits per heavy atom. The molecule has 2 aliphatic heterocycles. The number of nitrogens with zero attached hydrogens (tertiary/aromatic N) is 3. The van der Waals surface area contributed by atoms with Crippen LogP contribution >= 0.6 is 0 Å². The predicted octanol–water partition coefficient (Wildman–Crippen LogP) is 3.86. The lowest BCUT2D eigenvalue weighted by molar-refractivity contribution is -0.139. The highest BCUT2D eigenvalue weighted by atomic mass is 19.4. The van der Waals surface area contributed by atoms with E-state index in [4.69, 9.17) is 15.7 Å². The number of aromatic nitrogens is 1. The molecule has 1 fully saturated rings. The molecular weight excluding hydrogens is 477 g/mol. The molecule has 0 aliphatic carbocycles. The summed E-state index contributed by atoms with van der Waals surface area (Å²) in [5, 5.41) is 31.5. The summed E-state index contributed by atoms with van der Waals surface area (Å²) in [6, 6.07) is 11.2. The second-order valence-electron chi connectivity index (χ2n) is 9.41. The number of morpholine rings is 1. The van der Waals surface area contributed by atoms with Crippen molar-refractivity contribution < 1.29 is 32.9 Å². The molecule has 0 radical (unpaired) electrons. The van der Waals surface area contributed by atoms with Gasteiger partial charge in [0.15, 0.2) is 0 Å².